The fourth-order valence-electron chi connectivity index (χ4n) is 2.72. The van der Waals surface area contributed by atoms with Crippen molar-refractivity contribution in [2.24, 2.45) is 0 Å². The lowest BCUT2D eigenvalue weighted by molar-refractivity contribution is -0.136. The number of fused-ring (bicyclic) bond motifs is 5. The van der Waals surface area contributed by atoms with Crippen LogP contribution in [0.4, 0.5) is 0 Å². The Balaban J connectivity index is 1.88. The third-order valence-corrected chi connectivity index (χ3v) is 4.62. The van der Waals surface area contributed by atoms with Crippen LogP contribution in [0.1, 0.15) is 13.3 Å². The van der Waals surface area contributed by atoms with Gasteiger partial charge in [0.15, 0.2) is 0 Å². The molecule has 0 unspecified atom stereocenters. The van der Waals surface area contributed by atoms with Crippen molar-refractivity contribution in [3.8, 4) is 0 Å². The van der Waals surface area contributed by atoms with Gasteiger partial charge < -0.3 is 9.67 Å². The van der Waals surface area contributed by atoms with Crippen molar-refractivity contribution in [1.82, 2.24) is 28.8 Å². The molecular formula is C14H14N6O2S. The first-order valence-electron chi connectivity index (χ1n) is 7.26. The minimum absolute atomic E-state index is 0.0804. The van der Waals surface area contributed by atoms with Gasteiger partial charge in [0.05, 0.1) is 17.5 Å². The molecule has 0 radical (unpaired) electrons. The number of aromatic nitrogens is 6. The summed E-state index contributed by atoms with van der Waals surface area (Å²) >= 11 is 1.35. The zero-order valence-corrected chi connectivity index (χ0v) is 13.2. The minimum Gasteiger partial charge on any atom is -0.481 e. The highest BCUT2D eigenvalue weighted by molar-refractivity contribution is 7.99. The van der Waals surface area contributed by atoms with E-state index in [4.69, 9.17) is 5.11 Å². The molecule has 0 spiro atoms. The van der Waals surface area contributed by atoms with Crippen LogP contribution in [0.25, 0.3) is 22.6 Å². The third kappa shape index (κ3) is 2.07. The van der Waals surface area contributed by atoms with Gasteiger partial charge in [0.1, 0.15) is 0 Å². The summed E-state index contributed by atoms with van der Waals surface area (Å²) in [7, 11) is 0. The molecule has 118 valence electrons. The zero-order valence-electron chi connectivity index (χ0n) is 12.4. The van der Waals surface area contributed by atoms with Crippen molar-refractivity contribution in [2.75, 3.05) is 5.75 Å². The van der Waals surface area contributed by atoms with Crippen molar-refractivity contribution in [2.45, 2.75) is 25.0 Å². The standard InChI is InChI=1S/C14H14N6O2S/c1-2-18-9-5-3-4-6-10(9)19-12-15-16-14(20(12)17-13(18)19)23-8-7-11(21)22/h3-6H,2,7-8H2,1H3,(H,21,22). The lowest BCUT2D eigenvalue weighted by Crippen LogP contribution is -1.98. The van der Waals surface area contributed by atoms with Crippen LogP contribution in [-0.4, -0.2) is 45.6 Å². The number of hydrogen-bond acceptors (Lipinski definition) is 5. The summed E-state index contributed by atoms with van der Waals surface area (Å²) in [4.78, 5) is 10.6. The van der Waals surface area contributed by atoms with E-state index >= 15 is 0 Å². The highest BCUT2D eigenvalue weighted by Crippen LogP contribution is 2.24. The van der Waals surface area contributed by atoms with Crippen LogP contribution in [0, 0.1) is 0 Å². The van der Waals surface area contributed by atoms with Crippen LogP contribution in [0.5, 0.6) is 0 Å². The molecule has 0 saturated heterocycles. The minimum atomic E-state index is -0.823. The molecule has 1 aromatic carbocycles. The van der Waals surface area contributed by atoms with Crippen LogP contribution in [-0.2, 0) is 11.3 Å². The third-order valence-electron chi connectivity index (χ3n) is 3.70. The Morgan fingerprint density at radius 2 is 2.00 bits per heavy atom. The van der Waals surface area contributed by atoms with Gasteiger partial charge in [0.25, 0.3) is 5.78 Å². The number of rotatable bonds is 5. The average molecular weight is 330 g/mol. The highest BCUT2D eigenvalue weighted by atomic mass is 32.2. The van der Waals surface area contributed by atoms with E-state index in [2.05, 4.69) is 32.9 Å². The largest absolute Gasteiger partial charge is 0.481 e. The quantitative estimate of drug-likeness (QED) is 0.562. The second-order valence-corrected chi connectivity index (χ2v) is 6.12. The molecule has 8 nitrogen and oxygen atoms in total. The lowest BCUT2D eigenvalue weighted by Gasteiger charge is -1.98. The van der Waals surface area contributed by atoms with E-state index in [1.165, 1.54) is 11.8 Å². The second-order valence-electron chi connectivity index (χ2n) is 5.05. The van der Waals surface area contributed by atoms with Crippen molar-refractivity contribution in [1.29, 1.82) is 0 Å². The summed E-state index contributed by atoms with van der Waals surface area (Å²) in [5.41, 5.74) is 2.13. The SMILES string of the molecule is CCn1c2ccccc2n2c1nn1c(SCCC(=O)O)nnc12. The summed E-state index contributed by atoms with van der Waals surface area (Å²) in [6.45, 7) is 2.87. The summed E-state index contributed by atoms with van der Waals surface area (Å²) in [5, 5.41) is 22.4. The number of imidazole rings is 1. The summed E-state index contributed by atoms with van der Waals surface area (Å²) in [5.74, 6) is 1.06. The predicted molar refractivity (Wildman–Crippen MR) is 85.9 cm³/mol. The molecule has 0 saturated carbocycles. The Hall–Kier alpha value is -2.55. The molecule has 0 amide bonds. The van der Waals surface area contributed by atoms with Gasteiger partial charge in [0, 0.05) is 12.3 Å². The van der Waals surface area contributed by atoms with Gasteiger partial charge in [-0.25, -0.2) is 4.40 Å². The molecule has 23 heavy (non-hydrogen) atoms. The number of carbonyl (C=O) groups is 1. The first-order valence-corrected chi connectivity index (χ1v) is 8.25. The number of benzene rings is 1. The van der Waals surface area contributed by atoms with Crippen molar-refractivity contribution in [3.63, 3.8) is 0 Å². The molecule has 3 heterocycles. The second kappa shape index (κ2) is 5.27. The molecule has 0 aliphatic carbocycles. The summed E-state index contributed by atoms with van der Waals surface area (Å²) < 4.78 is 5.78. The Labute approximate surface area is 134 Å². The molecular weight excluding hydrogens is 316 g/mol. The average Bonchev–Trinajstić information content (AvgIpc) is 3.16. The van der Waals surface area contributed by atoms with Crippen molar-refractivity contribution >= 4 is 40.3 Å². The molecule has 9 heteroatoms. The normalized spacial score (nSPS) is 11.9. The fourth-order valence-corrected chi connectivity index (χ4v) is 3.52. The van der Waals surface area contributed by atoms with Gasteiger partial charge in [-0.2, -0.15) is 4.52 Å². The molecule has 0 fully saturated rings. The number of carboxylic acids is 1. The van der Waals surface area contributed by atoms with Crippen LogP contribution in [0.15, 0.2) is 29.4 Å². The number of nitrogens with zero attached hydrogens (tertiary/aromatic N) is 6. The molecule has 4 rings (SSSR count). The first kappa shape index (κ1) is 14.1. The van der Waals surface area contributed by atoms with Crippen molar-refractivity contribution < 1.29 is 9.90 Å². The van der Waals surface area contributed by atoms with Crippen LogP contribution in [0.3, 0.4) is 0 Å². The topological polar surface area (TPSA) is 89.7 Å². The molecule has 0 bridgehead atoms. The molecule has 0 atom stereocenters. The summed E-state index contributed by atoms with van der Waals surface area (Å²) in [6.07, 6.45) is 0.0804. The number of aryl methyl sites for hydroxylation is 1. The van der Waals surface area contributed by atoms with E-state index in [1.54, 1.807) is 4.52 Å². The maximum atomic E-state index is 10.6. The van der Waals surface area contributed by atoms with E-state index in [-0.39, 0.29) is 6.42 Å². The molecule has 4 aromatic rings. The smallest absolute Gasteiger partial charge is 0.304 e. The number of hydrogen-bond donors (Lipinski definition) is 1. The van der Waals surface area contributed by atoms with E-state index < -0.39 is 5.97 Å². The zero-order chi connectivity index (χ0) is 16.0. The maximum absolute atomic E-state index is 10.6. The van der Waals surface area contributed by atoms with Gasteiger partial charge in [0.2, 0.25) is 10.9 Å². The Bertz CT molecular complexity index is 1030. The van der Waals surface area contributed by atoms with Gasteiger partial charge in [-0.3, -0.25) is 4.79 Å². The van der Waals surface area contributed by atoms with Gasteiger partial charge in [-0.15, -0.1) is 15.3 Å². The number of thioether (sulfide) groups is 1. The van der Waals surface area contributed by atoms with Crippen molar-refractivity contribution in [3.05, 3.63) is 24.3 Å². The van der Waals surface area contributed by atoms with Gasteiger partial charge in [-0.05, 0) is 19.1 Å². The molecule has 1 N–H and O–H groups in total. The maximum Gasteiger partial charge on any atom is 0.304 e. The molecule has 0 aliphatic rings. The summed E-state index contributed by atoms with van der Waals surface area (Å²) in [6, 6.07) is 8.07. The van der Waals surface area contributed by atoms with E-state index in [0.717, 1.165) is 23.4 Å². The highest BCUT2D eigenvalue weighted by Gasteiger charge is 2.19. The van der Waals surface area contributed by atoms with Gasteiger partial charge in [-0.1, -0.05) is 23.9 Å². The Kier molecular flexibility index (Phi) is 3.22. The number of aliphatic carboxylic acids is 1. The van der Waals surface area contributed by atoms with Crippen LogP contribution >= 0.6 is 11.8 Å². The Morgan fingerprint density at radius 1 is 1.22 bits per heavy atom. The predicted octanol–water partition coefficient (Wildman–Crippen LogP) is 1.92. The van der Waals surface area contributed by atoms with Crippen LogP contribution in [0.2, 0.25) is 0 Å². The van der Waals surface area contributed by atoms with Gasteiger partial charge >= 0.3 is 5.97 Å². The first-order chi connectivity index (χ1) is 11.2. The van der Waals surface area contributed by atoms with E-state index in [9.17, 15) is 4.79 Å². The van der Waals surface area contributed by atoms with Crippen LogP contribution < -0.4 is 0 Å². The van der Waals surface area contributed by atoms with E-state index in [0.29, 0.717) is 16.7 Å². The fraction of sp³-hybridized carbons (Fsp3) is 0.286. The lowest BCUT2D eigenvalue weighted by atomic mass is 10.3. The number of para-hydroxylation sites is 2. The molecule has 3 aromatic heterocycles. The van der Waals surface area contributed by atoms with E-state index in [1.807, 2.05) is 22.6 Å². The molecule has 0 aliphatic heterocycles. The monoisotopic (exact) mass is 330 g/mol. The Morgan fingerprint density at radius 3 is 2.74 bits per heavy atom. The number of carboxylic acid groups (broad SMARTS) is 1.